The second-order valence-electron chi connectivity index (χ2n) is 4.68. The Hall–Kier alpha value is 0.210. The minimum absolute atomic E-state index is 0. The van der Waals surface area contributed by atoms with Gasteiger partial charge in [-0.15, -0.1) is 12.4 Å². The van der Waals surface area contributed by atoms with Crippen LogP contribution in [0.25, 0.3) is 0 Å². The number of nitrogens with zero attached hydrogens (tertiary/aromatic N) is 1. The molecule has 2 fully saturated rings. The molecule has 2 unspecified atom stereocenters. The Labute approximate surface area is 93.6 Å². The first-order chi connectivity index (χ1) is 6.40. The first-order valence-corrected chi connectivity index (χ1v) is 5.82. The molecule has 0 radical (unpaired) electrons. The molecule has 2 atom stereocenters. The van der Waals surface area contributed by atoms with E-state index < -0.39 is 0 Å². The number of rotatable bonds is 2. The molecule has 3 heteroatoms. The van der Waals surface area contributed by atoms with E-state index in [2.05, 4.69) is 4.90 Å². The second-order valence-corrected chi connectivity index (χ2v) is 4.68. The zero-order chi connectivity index (χ0) is 9.10. The number of hydrogen-bond acceptors (Lipinski definition) is 2. The summed E-state index contributed by atoms with van der Waals surface area (Å²) in [5.74, 6) is 2.07. The molecule has 0 bridgehead atoms. The smallest absolute Gasteiger partial charge is 0.0105 e. The van der Waals surface area contributed by atoms with Gasteiger partial charge < -0.3 is 10.6 Å². The normalized spacial score (nSPS) is 33.2. The molecule has 2 N–H and O–H groups in total. The molecule has 14 heavy (non-hydrogen) atoms. The number of hydrogen-bond donors (Lipinski definition) is 1. The number of fused-ring (bicyclic) bond motifs is 1. The van der Waals surface area contributed by atoms with Crippen LogP contribution >= 0.6 is 12.4 Å². The van der Waals surface area contributed by atoms with Crippen molar-refractivity contribution in [1.82, 2.24) is 4.90 Å². The Bertz CT molecular complexity index is 163. The van der Waals surface area contributed by atoms with E-state index in [4.69, 9.17) is 5.73 Å². The molecular weight excluding hydrogens is 196 g/mol. The fraction of sp³-hybridized carbons (Fsp3) is 1.00. The van der Waals surface area contributed by atoms with E-state index in [1.54, 1.807) is 0 Å². The zero-order valence-corrected chi connectivity index (χ0v) is 9.77. The topological polar surface area (TPSA) is 29.3 Å². The van der Waals surface area contributed by atoms with Gasteiger partial charge in [-0.1, -0.05) is 19.3 Å². The fourth-order valence-corrected chi connectivity index (χ4v) is 3.06. The number of halogens is 1. The third-order valence-corrected chi connectivity index (χ3v) is 3.82. The Morgan fingerprint density at radius 1 is 1.07 bits per heavy atom. The standard InChI is InChI=1S/C11H22N2.ClH/c12-6-8-13-7-5-10-3-1-2-4-11(10)9-13;/h10-11H,1-9,12H2;1H. The first-order valence-electron chi connectivity index (χ1n) is 5.82. The highest BCUT2D eigenvalue weighted by atomic mass is 35.5. The van der Waals surface area contributed by atoms with Crippen molar-refractivity contribution in [3.8, 4) is 0 Å². The maximum Gasteiger partial charge on any atom is 0.0105 e. The molecule has 0 aromatic carbocycles. The fourth-order valence-electron chi connectivity index (χ4n) is 3.06. The van der Waals surface area contributed by atoms with Crippen LogP contribution in [-0.2, 0) is 0 Å². The quantitative estimate of drug-likeness (QED) is 0.767. The molecule has 1 saturated heterocycles. The molecule has 0 amide bonds. The molecular formula is C11H23ClN2. The summed E-state index contributed by atoms with van der Waals surface area (Å²) in [6.45, 7) is 4.58. The minimum Gasteiger partial charge on any atom is -0.329 e. The van der Waals surface area contributed by atoms with Crippen LogP contribution in [0, 0.1) is 11.8 Å². The van der Waals surface area contributed by atoms with Crippen molar-refractivity contribution in [2.45, 2.75) is 32.1 Å². The predicted octanol–water partition coefficient (Wildman–Crippen LogP) is 1.88. The molecule has 1 aliphatic carbocycles. The van der Waals surface area contributed by atoms with Crippen LogP contribution in [0.5, 0.6) is 0 Å². The van der Waals surface area contributed by atoms with Crippen molar-refractivity contribution in [3.05, 3.63) is 0 Å². The van der Waals surface area contributed by atoms with Gasteiger partial charge in [0, 0.05) is 19.6 Å². The van der Waals surface area contributed by atoms with Crippen molar-refractivity contribution in [2.24, 2.45) is 17.6 Å². The molecule has 1 aliphatic heterocycles. The Morgan fingerprint density at radius 3 is 2.50 bits per heavy atom. The Balaban J connectivity index is 0.000000980. The number of likely N-dealkylation sites (tertiary alicyclic amines) is 1. The van der Waals surface area contributed by atoms with Crippen LogP contribution in [0.4, 0.5) is 0 Å². The van der Waals surface area contributed by atoms with Crippen LogP contribution in [0.2, 0.25) is 0 Å². The van der Waals surface area contributed by atoms with E-state index in [9.17, 15) is 0 Å². The van der Waals surface area contributed by atoms with Crippen molar-refractivity contribution in [1.29, 1.82) is 0 Å². The molecule has 84 valence electrons. The van der Waals surface area contributed by atoms with E-state index in [-0.39, 0.29) is 12.4 Å². The molecule has 1 heterocycles. The van der Waals surface area contributed by atoms with Gasteiger partial charge in [-0.05, 0) is 31.2 Å². The van der Waals surface area contributed by atoms with Gasteiger partial charge in [-0.3, -0.25) is 0 Å². The molecule has 2 aliphatic rings. The molecule has 0 spiro atoms. The number of piperidine rings is 1. The van der Waals surface area contributed by atoms with Crippen molar-refractivity contribution in [2.75, 3.05) is 26.2 Å². The summed E-state index contributed by atoms with van der Waals surface area (Å²) in [4.78, 5) is 2.56. The van der Waals surface area contributed by atoms with Gasteiger partial charge in [0.1, 0.15) is 0 Å². The third-order valence-electron chi connectivity index (χ3n) is 3.82. The lowest BCUT2D eigenvalue weighted by Crippen LogP contribution is -2.43. The van der Waals surface area contributed by atoms with Gasteiger partial charge in [0.15, 0.2) is 0 Å². The second kappa shape index (κ2) is 5.94. The summed E-state index contributed by atoms with van der Waals surface area (Å²) in [6, 6.07) is 0. The maximum atomic E-state index is 5.59. The van der Waals surface area contributed by atoms with Gasteiger partial charge in [-0.25, -0.2) is 0 Å². The highest BCUT2D eigenvalue weighted by Gasteiger charge is 2.30. The summed E-state index contributed by atoms with van der Waals surface area (Å²) in [7, 11) is 0. The monoisotopic (exact) mass is 218 g/mol. The molecule has 2 rings (SSSR count). The van der Waals surface area contributed by atoms with E-state index in [0.717, 1.165) is 24.9 Å². The molecule has 0 aromatic heterocycles. The lowest BCUT2D eigenvalue weighted by Gasteiger charge is -2.41. The summed E-state index contributed by atoms with van der Waals surface area (Å²) >= 11 is 0. The van der Waals surface area contributed by atoms with Crippen molar-refractivity contribution < 1.29 is 0 Å². The summed E-state index contributed by atoms with van der Waals surface area (Å²) in [6.07, 6.45) is 7.37. The first kappa shape index (κ1) is 12.3. The van der Waals surface area contributed by atoms with E-state index >= 15 is 0 Å². The van der Waals surface area contributed by atoms with Gasteiger partial charge in [0.05, 0.1) is 0 Å². The predicted molar refractivity (Wildman–Crippen MR) is 62.8 cm³/mol. The average Bonchev–Trinajstić information content (AvgIpc) is 2.18. The lowest BCUT2D eigenvalue weighted by atomic mass is 9.75. The average molecular weight is 219 g/mol. The van der Waals surface area contributed by atoms with Crippen molar-refractivity contribution >= 4 is 12.4 Å². The highest BCUT2D eigenvalue weighted by Crippen LogP contribution is 2.35. The van der Waals surface area contributed by atoms with Crippen LogP contribution < -0.4 is 5.73 Å². The minimum atomic E-state index is 0. The van der Waals surface area contributed by atoms with Crippen LogP contribution in [0.1, 0.15) is 32.1 Å². The number of nitrogens with two attached hydrogens (primary N) is 1. The highest BCUT2D eigenvalue weighted by molar-refractivity contribution is 5.85. The van der Waals surface area contributed by atoms with Crippen LogP contribution in [0.3, 0.4) is 0 Å². The Kier molecular flexibility index (Phi) is 5.21. The lowest BCUT2D eigenvalue weighted by molar-refractivity contribution is 0.0891. The van der Waals surface area contributed by atoms with Crippen molar-refractivity contribution in [3.63, 3.8) is 0 Å². The molecule has 2 nitrogen and oxygen atoms in total. The van der Waals surface area contributed by atoms with Crippen LogP contribution in [-0.4, -0.2) is 31.1 Å². The largest absolute Gasteiger partial charge is 0.329 e. The summed E-state index contributed by atoms with van der Waals surface area (Å²) < 4.78 is 0. The van der Waals surface area contributed by atoms with Gasteiger partial charge in [0.25, 0.3) is 0 Å². The van der Waals surface area contributed by atoms with Gasteiger partial charge in [0.2, 0.25) is 0 Å². The molecule has 0 aromatic rings. The van der Waals surface area contributed by atoms with E-state index in [1.165, 1.54) is 45.2 Å². The third kappa shape index (κ3) is 2.85. The molecule has 1 saturated carbocycles. The van der Waals surface area contributed by atoms with Crippen LogP contribution in [0.15, 0.2) is 0 Å². The zero-order valence-electron chi connectivity index (χ0n) is 8.95. The van der Waals surface area contributed by atoms with E-state index in [0.29, 0.717) is 0 Å². The van der Waals surface area contributed by atoms with Gasteiger partial charge in [-0.2, -0.15) is 0 Å². The van der Waals surface area contributed by atoms with E-state index in [1.807, 2.05) is 0 Å². The SMILES string of the molecule is Cl.NCCN1CCC2CCCCC2C1. The Morgan fingerprint density at radius 2 is 1.79 bits per heavy atom. The maximum absolute atomic E-state index is 5.59. The summed E-state index contributed by atoms with van der Waals surface area (Å²) in [5.41, 5.74) is 5.59. The summed E-state index contributed by atoms with van der Waals surface area (Å²) in [5, 5.41) is 0. The van der Waals surface area contributed by atoms with Gasteiger partial charge >= 0.3 is 0 Å².